The Morgan fingerprint density at radius 3 is 2.64 bits per heavy atom. The van der Waals surface area contributed by atoms with Crippen molar-refractivity contribution in [3.05, 3.63) is 22.2 Å². The molecule has 6 nitrogen and oxygen atoms in total. The summed E-state index contributed by atoms with van der Waals surface area (Å²) in [6.45, 7) is 1.67. The van der Waals surface area contributed by atoms with Crippen molar-refractivity contribution in [1.82, 2.24) is 10.2 Å². The van der Waals surface area contributed by atoms with Crippen molar-refractivity contribution in [2.45, 2.75) is 5.75 Å². The van der Waals surface area contributed by atoms with E-state index >= 15 is 0 Å². The molecule has 0 spiro atoms. The highest BCUT2D eigenvalue weighted by molar-refractivity contribution is 9.10. The van der Waals surface area contributed by atoms with Crippen LogP contribution in [0.2, 0.25) is 0 Å². The van der Waals surface area contributed by atoms with Crippen LogP contribution in [0, 0.1) is 0 Å². The number of nitrogens with zero attached hydrogens (tertiary/aromatic N) is 1. The van der Waals surface area contributed by atoms with Crippen LogP contribution in [0.4, 0.5) is 4.79 Å². The summed E-state index contributed by atoms with van der Waals surface area (Å²) >= 11 is 5.20. The Balaban J connectivity index is 1.53. The molecule has 0 radical (unpaired) electrons. The highest BCUT2D eigenvalue weighted by Gasteiger charge is 2.27. The number of amides is 3. The highest BCUT2D eigenvalue weighted by atomic mass is 79.9. The van der Waals surface area contributed by atoms with Gasteiger partial charge in [0.25, 0.3) is 0 Å². The minimum absolute atomic E-state index is 0.108. The lowest BCUT2D eigenvalue weighted by Crippen LogP contribution is -2.32. The molecule has 1 saturated heterocycles. The predicted octanol–water partition coefficient (Wildman–Crippen LogP) is 2.01. The average Bonchev–Trinajstić information content (AvgIpc) is 2.83. The molecule has 1 aromatic rings. The van der Waals surface area contributed by atoms with Gasteiger partial charge < -0.3 is 14.8 Å². The topological polar surface area (TPSA) is 67.9 Å². The summed E-state index contributed by atoms with van der Waals surface area (Å²) in [7, 11) is 0. The first-order chi connectivity index (χ1) is 10.6. The summed E-state index contributed by atoms with van der Waals surface area (Å²) in [5.74, 6) is 2.82. The lowest BCUT2D eigenvalue weighted by atomic mass is 10.2. The van der Waals surface area contributed by atoms with Crippen LogP contribution in [-0.4, -0.2) is 48.9 Å². The van der Waals surface area contributed by atoms with Crippen LogP contribution in [0.1, 0.15) is 5.56 Å². The Morgan fingerprint density at radius 2 is 1.95 bits per heavy atom. The molecule has 118 valence electrons. The number of imide groups is 1. The maximum Gasteiger partial charge on any atom is 0.324 e. The van der Waals surface area contributed by atoms with Crippen LogP contribution in [0.15, 0.2) is 16.6 Å². The molecule has 2 heterocycles. The van der Waals surface area contributed by atoms with Gasteiger partial charge in [-0.15, -0.1) is 0 Å². The second-order valence-corrected chi connectivity index (χ2v) is 6.80. The molecular weight excluding hydrogens is 372 g/mol. The minimum atomic E-state index is -0.300. The van der Waals surface area contributed by atoms with Gasteiger partial charge in [0, 0.05) is 22.5 Å². The third kappa shape index (κ3) is 3.33. The van der Waals surface area contributed by atoms with Gasteiger partial charge in [0.2, 0.25) is 5.91 Å². The number of benzene rings is 1. The fourth-order valence-electron chi connectivity index (χ4n) is 2.24. The highest BCUT2D eigenvalue weighted by Crippen LogP contribution is 2.36. The summed E-state index contributed by atoms with van der Waals surface area (Å²) in [4.78, 5) is 24.1. The summed E-state index contributed by atoms with van der Waals surface area (Å²) < 4.78 is 12.1. The molecule has 0 bridgehead atoms. The van der Waals surface area contributed by atoms with E-state index in [9.17, 15) is 9.59 Å². The van der Waals surface area contributed by atoms with E-state index in [0.717, 1.165) is 27.3 Å². The van der Waals surface area contributed by atoms with Crippen molar-refractivity contribution in [2.75, 3.05) is 32.1 Å². The standard InChI is InChI=1S/C14H15BrN2O4S/c15-10-6-12-11(20-2-3-21-12)5-9(10)8-22-4-1-17-13(18)7-16-14(17)19/h5-6H,1-4,7-8H2,(H,16,19). The SMILES string of the molecule is O=C1CNC(=O)N1CCSCc1cc2c(cc1Br)OCCO2. The summed E-state index contributed by atoms with van der Waals surface area (Å²) in [6.07, 6.45) is 0. The largest absolute Gasteiger partial charge is 0.486 e. The number of halogens is 1. The van der Waals surface area contributed by atoms with Crippen LogP contribution >= 0.6 is 27.7 Å². The summed E-state index contributed by atoms with van der Waals surface area (Å²) in [6, 6.07) is 3.59. The van der Waals surface area contributed by atoms with Gasteiger partial charge in [-0.2, -0.15) is 11.8 Å². The third-order valence-corrected chi connectivity index (χ3v) is 5.09. The van der Waals surface area contributed by atoms with Gasteiger partial charge >= 0.3 is 6.03 Å². The maximum atomic E-state index is 11.5. The van der Waals surface area contributed by atoms with Gasteiger partial charge in [-0.3, -0.25) is 9.69 Å². The maximum absolute atomic E-state index is 11.5. The van der Waals surface area contributed by atoms with Gasteiger partial charge in [0.1, 0.15) is 13.2 Å². The van der Waals surface area contributed by atoms with E-state index in [2.05, 4.69) is 21.2 Å². The van der Waals surface area contributed by atoms with E-state index in [1.807, 2.05) is 12.1 Å². The van der Waals surface area contributed by atoms with E-state index in [1.165, 1.54) is 4.90 Å². The number of hydrogen-bond acceptors (Lipinski definition) is 5. The van der Waals surface area contributed by atoms with Gasteiger partial charge in [-0.05, 0) is 17.7 Å². The van der Waals surface area contributed by atoms with Crippen LogP contribution in [0.5, 0.6) is 11.5 Å². The summed E-state index contributed by atoms with van der Waals surface area (Å²) in [5.41, 5.74) is 1.10. The molecule has 1 fully saturated rings. The third-order valence-electron chi connectivity index (χ3n) is 3.37. The number of carbonyl (C=O) groups is 2. The monoisotopic (exact) mass is 386 g/mol. The Kier molecular flexibility index (Phi) is 4.77. The average molecular weight is 387 g/mol. The van der Waals surface area contributed by atoms with Crippen molar-refractivity contribution in [2.24, 2.45) is 0 Å². The lowest BCUT2D eigenvalue weighted by molar-refractivity contribution is -0.124. The number of carbonyl (C=O) groups excluding carboxylic acids is 2. The Morgan fingerprint density at radius 1 is 1.23 bits per heavy atom. The molecule has 3 amide bonds. The van der Waals surface area contributed by atoms with Crippen molar-refractivity contribution in [1.29, 1.82) is 0 Å². The Hall–Kier alpha value is -1.41. The number of hydrogen-bond donors (Lipinski definition) is 1. The zero-order valence-electron chi connectivity index (χ0n) is 11.8. The number of urea groups is 1. The molecule has 1 aromatic carbocycles. The Bertz CT molecular complexity index is 595. The van der Waals surface area contributed by atoms with Crippen molar-refractivity contribution < 1.29 is 19.1 Å². The van der Waals surface area contributed by atoms with Gasteiger partial charge in [0.15, 0.2) is 11.5 Å². The molecule has 22 heavy (non-hydrogen) atoms. The molecule has 0 saturated carbocycles. The van der Waals surface area contributed by atoms with E-state index in [-0.39, 0.29) is 18.5 Å². The quantitative estimate of drug-likeness (QED) is 0.619. The number of thioether (sulfide) groups is 1. The van der Waals surface area contributed by atoms with Crippen LogP contribution in [0.3, 0.4) is 0 Å². The van der Waals surface area contributed by atoms with E-state index < -0.39 is 0 Å². The van der Waals surface area contributed by atoms with Crippen molar-refractivity contribution >= 4 is 39.6 Å². The number of ether oxygens (including phenoxy) is 2. The molecule has 0 aliphatic carbocycles. The second kappa shape index (κ2) is 6.78. The molecule has 0 atom stereocenters. The van der Waals surface area contributed by atoms with Crippen molar-refractivity contribution in [3.63, 3.8) is 0 Å². The van der Waals surface area contributed by atoms with Gasteiger partial charge in [-0.1, -0.05) is 15.9 Å². The first-order valence-electron chi connectivity index (χ1n) is 6.89. The smallest absolute Gasteiger partial charge is 0.324 e. The summed E-state index contributed by atoms with van der Waals surface area (Å²) in [5, 5.41) is 2.51. The van der Waals surface area contributed by atoms with Crippen LogP contribution in [0.25, 0.3) is 0 Å². The van der Waals surface area contributed by atoms with Gasteiger partial charge in [0.05, 0.1) is 6.54 Å². The van der Waals surface area contributed by atoms with Crippen LogP contribution < -0.4 is 14.8 Å². The zero-order chi connectivity index (χ0) is 15.5. The molecule has 2 aliphatic heterocycles. The van der Waals surface area contributed by atoms with E-state index in [0.29, 0.717) is 25.5 Å². The molecule has 2 aliphatic rings. The first-order valence-corrected chi connectivity index (χ1v) is 8.84. The number of fused-ring (bicyclic) bond motifs is 1. The molecule has 3 rings (SSSR count). The normalized spacial score (nSPS) is 16.9. The molecule has 0 aromatic heterocycles. The Labute approximate surface area is 140 Å². The molecular formula is C14H15BrN2O4S. The molecule has 0 unspecified atom stereocenters. The molecule has 8 heteroatoms. The van der Waals surface area contributed by atoms with Crippen LogP contribution in [-0.2, 0) is 10.5 Å². The lowest BCUT2D eigenvalue weighted by Gasteiger charge is -2.20. The predicted molar refractivity (Wildman–Crippen MR) is 86.4 cm³/mol. The second-order valence-electron chi connectivity index (χ2n) is 4.84. The number of nitrogens with one attached hydrogen (secondary N) is 1. The van der Waals surface area contributed by atoms with E-state index in [1.54, 1.807) is 11.8 Å². The first kappa shape index (κ1) is 15.5. The van der Waals surface area contributed by atoms with Crippen molar-refractivity contribution in [3.8, 4) is 11.5 Å². The van der Waals surface area contributed by atoms with Gasteiger partial charge in [-0.25, -0.2) is 4.79 Å². The fourth-order valence-corrected chi connectivity index (χ4v) is 3.80. The minimum Gasteiger partial charge on any atom is -0.486 e. The fraction of sp³-hybridized carbons (Fsp3) is 0.429. The zero-order valence-corrected chi connectivity index (χ0v) is 14.2. The van der Waals surface area contributed by atoms with E-state index in [4.69, 9.17) is 9.47 Å². The number of rotatable bonds is 5. The molecule has 1 N–H and O–H groups in total.